The summed E-state index contributed by atoms with van der Waals surface area (Å²) in [5.74, 6) is -8.96. The highest BCUT2D eigenvalue weighted by Gasteiger charge is 2.51. The summed E-state index contributed by atoms with van der Waals surface area (Å²) in [6, 6.07) is 0. The predicted molar refractivity (Wildman–Crippen MR) is 89.3 cm³/mol. The van der Waals surface area contributed by atoms with E-state index in [1.807, 2.05) is 0 Å². The lowest BCUT2D eigenvalue weighted by Crippen LogP contribution is -2.48. The normalized spacial score (nSPS) is 15.5. The standard InChI is InChI=1S/C17H15Cl2F7O2/c1-7-10(20)12(22)8(13(23)11(7)21)6-16(19,14(27)28)15(2,3)5-4-9(18)17(24,25)26/h4H,5-6H2,1-3H3,(H,27,28). The van der Waals surface area contributed by atoms with Crippen molar-refractivity contribution in [3.8, 4) is 0 Å². The van der Waals surface area contributed by atoms with Crippen LogP contribution in [-0.4, -0.2) is 22.1 Å². The van der Waals surface area contributed by atoms with E-state index < -0.39 is 74.7 Å². The average molecular weight is 455 g/mol. The topological polar surface area (TPSA) is 37.3 Å². The zero-order valence-electron chi connectivity index (χ0n) is 14.7. The fraction of sp³-hybridized carbons (Fsp3) is 0.471. The first-order valence-corrected chi connectivity index (χ1v) is 8.39. The SMILES string of the molecule is Cc1c(F)c(F)c(CC(Cl)(C(=O)O)C(C)(C)CC=C(Cl)C(F)(F)F)c(F)c1F. The molecule has 158 valence electrons. The lowest BCUT2D eigenvalue weighted by molar-refractivity contribution is -0.143. The first-order chi connectivity index (χ1) is 12.5. The van der Waals surface area contributed by atoms with Crippen LogP contribution in [0.3, 0.4) is 0 Å². The first-order valence-electron chi connectivity index (χ1n) is 7.64. The first kappa shape index (κ1) is 24.6. The summed E-state index contributed by atoms with van der Waals surface area (Å²) in [5.41, 5.74) is -3.99. The number of allylic oxidation sites excluding steroid dienone is 2. The number of hydrogen-bond acceptors (Lipinski definition) is 1. The number of carboxylic acid groups (broad SMARTS) is 1. The van der Waals surface area contributed by atoms with Gasteiger partial charge in [-0.05, 0) is 18.8 Å². The van der Waals surface area contributed by atoms with E-state index in [0.717, 1.165) is 20.8 Å². The van der Waals surface area contributed by atoms with E-state index in [0.29, 0.717) is 6.08 Å². The highest BCUT2D eigenvalue weighted by molar-refractivity contribution is 6.34. The maximum Gasteiger partial charge on any atom is 0.426 e. The summed E-state index contributed by atoms with van der Waals surface area (Å²) >= 11 is 11.1. The number of aliphatic carboxylic acids is 1. The summed E-state index contributed by atoms with van der Waals surface area (Å²) in [6.45, 7) is 3.00. The third kappa shape index (κ3) is 4.56. The fourth-order valence-corrected chi connectivity index (χ4v) is 2.70. The molecule has 28 heavy (non-hydrogen) atoms. The Morgan fingerprint density at radius 2 is 1.46 bits per heavy atom. The van der Waals surface area contributed by atoms with Crippen LogP contribution in [0.15, 0.2) is 11.1 Å². The minimum absolute atomic E-state index is 0.463. The van der Waals surface area contributed by atoms with Gasteiger partial charge in [-0.3, -0.25) is 4.79 Å². The van der Waals surface area contributed by atoms with Gasteiger partial charge in [0, 0.05) is 17.5 Å². The van der Waals surface area contributed by atoms with Gasteiger partial charge in [0.05, 0.1) is 0 Å². The molecule has 0 aliphatic heterocycles. The van der Waals surface area contributed by atoms with E-state index in [4.69, 9.17) is 23.2 Å². The number of carboxylic acids is 1. The molecule has 11 heteroatoms. The van der Waals surface area contributed by atoms with Crippen molar-refractivity contribution in [2.24, 2.45) is 5.41 Å². The number of halogens is 9. The number of alkyl halides is 4. The molecular formula is C17H15Cl2F7O2. The Hall–Kier alpha value is -1.48. The van der Waals surface area contributed by atoms with Crippen LogP contribution in [0, 0.1) is 35.6 Å². The van der Waals surface area contributed by atoms with Crippen molar-refractivity contribution >= 4 is 29.2 Å². The van der Waals surface area contributed by atoms with Crippen molar-refractivity contribution in [3.63, 3.8) is 0 Å². The molecule has 0 radical (unpaired) electrons. The van der Waals surface area contributed by atoms with Gasteiger partial charge in [-0.25, -0.2) is 17.6 Å². The number of hydrogen-bond donors (Lipinski definition) is 1. The van der Waals surface area contributed by atoms with Crippen LogP contribution in [0.1, 0.15) is 31.4 Å². The highest BCUT2D eigenvalue weighted by atomic mass is 35.5. The Kier molecular flexibility index (Phi) is 7.11. The Bertz CT molecular complexity index is 790. The molecule has 1 N–H and O–H groups in total. The fourth-order valence-electron chi connectivity index (χ4n) is 2.41. The average Bonchev–Trinajstić information content (AvgIpc) is 2.58. The van der Waals surface area contributed by atoms with Gasteiger partial charge in [0.15, 0.2) is 28.1 Å². The molecule has 1 atom stereocenters. The number of carbonyl (C=O) groups is 1. The summed E-state index contributed by atoms with van der Waals surface area (Å²) in [7, 11) is 0. The molecule has 1 rings (SSSR count). The van der Waals surface area contributed by atoms with Crippen molar-refractivity contribution in [1.29, 1.82) is 0 Å². The van der Waals surface area contributed by atoms with Gasteiger partial charge in [0.25, 0.3) is 0 Å². The van der Waals surface area contributed by atoms with Crippen molar-refractivity contribution in [2.45, 2.75) is 44.7 Å². The lowest BCUT2D eigenvalue weighted by atomic mass is 9.72. The Morgan fingerprint density at radius 1 is 1.04 bits per heavy atom. The highest BCUT2D eigenvalue weighted by Crippen LogP contribution is 2.45. The summed E-state index contributed by atoms with van der Waals surface area (Å²) in [6.07, 6.45) is -6.33. The Labute approximate surface area is 165 Å². The van der Waals surface area contributed by atoms with Crippen LogP contribution in [0.2, 0.25) is 0 Å². The van der Waals surface area contributed by atoms with E-state index in [9.17, 15) is 40.6 Å². The predicted octanol–water partition coefficient (Wildman–Crippen LogP) is 6.26. The van der Waals surface area contributed by atoms with Gasteiger partial charge >= 0.3 is 12.1 Å². The van der Waals surface area contributed by atoms with E-state index in [-0.39, 0.29) is 0 Å². The van der Waals surface area contributed by atoms with Gasteiger partial charge in [0.1, 0.15) is 5.03 Å². The molecule has 0 heterocycles. The second kappa shape index (κ2) is 8.10. The molecule has 0 aliphatic rings. The molecule has 0 saturated carbocycles. The molecule has 1 aromatic carbocycles. The van der Waals surface area contributed by atoms with E-state index >= 15 is 0 Å². The third-order valence-electron chi connectivity index (χ3n) is 4.47. The Morgan fingerprint density at radius 3 is 1.82 bits per heavy atom. The minimum atomic E-state index is -4.89. The molecule has 0 spiro atoms. The van der Waals surface area contributed by atoms with Crippen LogP contribution in [0.25, 0.3) is 0 Å². The Balaban J connectivity index is 3.47. The largest absolute Gasteiger partial charge is 0.480 e. The molecule has 1 aromatic rings. The maximum atomic E-state index is 14.1. The van der Waals surface area contributed by atoms with Crippen molar-refractivity contribution in [1.82, 2.24) is 0 Å². The molecule has 0 aliphatic carbocycles. The van der Waals surface area contributed by atoms with Crippen LogP contribution in [0.5, 0.6) is 0 Å². The molecule has 0 bridgehead atoms. The van der Waals surface area contributed by atoms with Gasteiger partial charge in [-0.2, -0.15) is 13.2 Å². The van der Waals surface area contributed by atoms with E-state index in [1.165, 1.54) is 0 Å². The molecule has 0 aromatic heterocycles. The van der Waals surface area contributed by atoms with Crippen LogP contribution in [0.4, 0.5) is 30.7 Å². The van der Waals surface area contributed by atoms with Gasteiger partial charge < -0.3 is 5.11 Å². The van der Waals surface area contributed by atoms with Gasteiger partial charge in [0.2, 0.25) is 0 Å². The van der Waals surface area contributed by atoms with Crippen LogP contribution < -0.4 is 0 Å². The van der Waals surface area contributed by atoms with Crippen molar-refractivity contribution in [3.05, 3.63) is 45.5 Å². The minimum Gasteiger partial charge on any atom is -0.480 e. The summed E-state index contributed by atoms with van der Waals surface area (Å²) in [5, 5.41) is 7.94. The molecule has 1 unspecified atom stereocenters. The zero-order valence-corrected chi connectivity index (χ0v) is 16.3. The summed E-state index contributed by atoms with van der Waals surface area (Å²) in [4.78, 5) is 9.11. The van der Waals surface area contributed by atoms with Crippen LogP contribution >= 0.6 is 23.2 Å². The maximum absolute atomic E-state index is 14.1. The lowest BCUT2D eigenvalue weighted by Gasteiger charge is -2.38. The molecule has 2 nitrogen and oxygen atoms in total. The second-order valence-corrected chi connectivity index (χ2v) is 7.83. The third-order valence-corrected chi connectivity index (χ3v) is 5.64. The van der Waals surface area contributed by atoms with Crippen LogP contribution in [-0.2, 0) is 11.2 Å². The summed E-state index contributed by atoms with van der Waals surface area (Å²) < 4.78 is 93.4. The second-order valence-electron chi connectivity index (χ2n) is 6.78. The van der Waals surface area contributed by atoms with Crippen molar-refractivity contribution < 1.29 is 40.6 Å². The molecule has 0 fully saturated rings. The van der Waals surface area contributed by atoms with Crippen molar-refractivity contribution in [2.75, 3.05) is 0 Å². The molecular weight excluding hydrogens is 440 g/mol. The molecule has 0 saturated heterocycles. The zero-order chi connectivity index (χ0) is 22.2. The number of benzene rings is 1. The van der Waals surface area contributed by atoms with Gasteiger partial charge in [-0.15, -0.1) is 11.6 Å². The molecule has 0 amide bonds. The number of rotatable bonds is 6. The quantitative estimate of drug-likeness (QED) is 0.313. The van der Waals surface area contributed by atoms with Gasteiger partial charge in [-0.1, -0.05) is 31.5 Å². The monoisotopic (exact) mass is 454 g/mol. The van der Waals surface area contributed by atoms with E-state index in [2.05, 4.69) is 0 Å². The smallest absolute Gasteiger partial charge is 0.426 e. The van der Waals surface area contributed by atoms with E-state index in [1.54, 1.807) is 0 Å².